The van der Waals surface area contributed by atoms with Gasteiger partial charge in [-0.1, -0.05) is 108 Å². The maximum absolute atomic E-state index is 7.35. The largest absolute Gasteiger partial charge is 1.00 e. The Morgan fingerprint density at radius 2 is 0.756 bits per heavy atom. The van der Waals surface area contributed by atoms with Crippen molar-refractivity contribution >= 4 is 58.9 Å². The zero-order chi connectivity index (χ0) is 27.8. The summed E-state index contributed by atoms with van der Waals surface area (Å²) in [5.74, 6) is 6.59. The minimum atomic E-state index is 0. The Kier molecular flexibility index (Phi) is 14.6. The van der Waals surface area contributed by atoms with Crippen molar-refractivity contribution in [3.05, 3.63) is 133 Å². The van der Waals surface area contributed by atoms with Gasteiger partial charge in [-0.25, -0.2) is 0 Å². The van der Waals surface area contributed by atoms with Crippen molar-refractivity contribution in [2.45, 2.75) is 0 Å². The minimum Gasteiger partial charge on any atom is -0.366 e. The zero-order valence-electron chi connectivity index (χ0n) is 23.7. The minimum absolute atomic E-state index is 0. The van der Waals surface area contributed by atoms with Crippen LogP contribution in [0.4, 0.5) is 0 Å². The molecule has 0 radical (unpaired) electrons. The average molecular weight is 935 g/mol. The summed E-state index contributed by atoms with van der Waals surface area (Å²) in [6.45, 7) is 9.56. The van der Waals surface area contributed by atoms with Gasteiger partial charge in [-0.15, -0.1) is 23.3 Å². The number of fused-ring (bicyclic) bond motifs is 6. The Hall–Kier alpha value is -2.18. The van der Waals surface area contributed by atoms with E-state index in [2.05, 4.69) is 74.9 Å². The molecule has 41 heavy (non-hydrogen) atoms. The average Bonchev–Trinajstić information content (AvgIpc) is 2.96. The SMILES string of the molecule is C[PH+](C)C[PH+](C)C.[Au+].[Au+].[C-]#Cc1cc2ccccc2c2ccccc12.[C-]#Cc1cc2ccccc2c2ccccc12. The van der Waals surface area contributed by atoms with E-state index in [9.17, 15) is 0 Å². The van der Waals surface area contributed by atoms with E-state index in [1.807, 2.05) is 72.8 Å². The molecule has 0 aliphatic heterocycles. The molecule has 0 aliphatic carbocycles. The fraction of sp³-hybridized carbons (Fsp3) is 0.135. The molecule has 0 heterocycles. The molecule has 0 N–H and O–H groups in total. The molecular formula is C37H34Au2P2+2. The van der Waals surface area contributed by atoms with Gasteiger partial charge in [0.2, 0.25) is 0 Å². The van der Waals surface area contributed by atoms with Gasteiger partial charge in [-0.2, -0.15) is 0 Å². The van der Waals surface area contributed by atoms with E-state index in [1.165, 1.54) is 21.5 Å². The number of benzene rings is 6. The molecule has 0 nitrogen and oxygen atoms in total. The van der Waals surface area contributed by atoms with Gasteiger partial charge < -0.3 is 12.8 Å². The second-order valence-corrected chi connectivity index (χ2v) is 16.5. The van der Waals surface area contributed by atoms with E-state index < -0.39 is 0 Å². The molecule has 0 fully saturated rings. The van der Waals surface area contributed by atoms with Crippen LogP contribution in [0.3, 0.4) is 0 Å². The zero-order valence-corrected chi connectivity index (χ0v) is 30.0. The molecule has 6 rings (SSSR count). The van der Waals surface area contributed by atoms with E-state index in [0.29, 0.717) is 0 Å². The molecule has 0 amide bonds. The summed E-state index contributed by atoms with van der Waals surface area (Å²) in [6.07, 6.45) is 14.7. The summed E-state index contributed by atoms with van der Waals surface area (Å²) in [5, 5.41) is 9.36. The molecule has 0 spiro atoms. The van der Waals surface area contributed by atoms with E-state index in [4.69, 9.17) is 12.8 Å². The van der Waals surface area contributed by atoms with E-state index >= 15 is 0 Å². The molecule has 0 atom stereocenters. The van der Waals surface area contributed by atoms with Gasteiger partial charge in [-0.05, 0) is 32.3 Å². The third-order valence-electron chi connectivity index (χ3n) is 6.51. The second kappa shape index (κ2) is 17.1. The standard InChI is InChI=1S/2C16H9.C5H14P2.2Au/c2*1-2-12-11-13-7-3-4-9-15(13)16-10-6-5-8-14(12)16;1-6(2)5-7(3)4;;/h2*3-11H;5H2,1-4H3;;/q2*-1;;2*+1/p+2. The summed E-state index contributed by atoms with van der Waals surface area (Å²) in [7, 11) is 0.222. The van der Waals surface area contributed by atoms with E-state index in [1.54, 1.807) is 5.90 Å². The molecule has 4 heteroatoms. The monoisotopic (exact) mass is 934 g/mol. The quantitative estimate of drug-likeness (QED) is 0.0534. The van der Waals surface area contributed by atoms with Crippen LogP contribution in [-0.4, -0.2) is 32.6 Å². The van der Waals surface area contributed by atoms with Crippen molar-refractivity contribution in [3.63, 3.8) is 0 Å². The van der Waals surface area contributed by atoms with Crippen LogP contribution in [-0.2, 0) is 44.8 Å². The van der Waals surface area contributed by atoms with Crippen LogP contribution in [0.2, 0.25) is 0 Å². The first-order valence-corrected chi connectivity index (χ1v) is 18.6. The van der Waals surface area contributed by atoms with Crippen molar-refractivity contribution in [2.24, 2.45) is 0 Å². The third-order valence-corrected chi connectivity index (χ3v) is 12.2. The Morgan fingerprint density at radius 3 is 1.05 bits per heavy atom. The smallest absolute Gasteiger partial charge is 0.366 e. The van der Waals surface area contributed by atoms with Crippen molar-refractivity contribution in [2.75, 3.05) is 32.6 Å². The predicted octanol–water partition coefficient (Wildman–Crippen LogP) is 9.75. The molecular weight excluding hydrogens is 900 g/mol. The van der Waals surface area contributed by atoms with Crippen molar-refractivity contribution < 1.29 is 44.8 Å². The van der Waals surface area contributed by atoms with Gasteiger partial charge in [0.25, 0.3) is 0 Å². The summed E-state index contributed by atoms with van der Waals surface area (Å²) in [5.41, 5.74) is 1.71. The summed E-state index contributed by atoms with van der Waals surface area (Å²) in [6, 6.07) is 36.9. The Bertz CT molecular complexity index is 1690. The molecule has 6 aromatic rings. The molecule has 0 bridgehead atoms. The maximum atomic E-state index is 7.35. The molecule has 212 valence electrons. The Morgan fingerprint density at radius 1 is 0.463 bits per heavy atom. The number of hydrogen-bond donors (Lipinski definition) is 0. The Balaban J connectivity index is 0.000000226. The normalized spacial score (nSPS) is 10.0. The third kappa shape index (κ3) is 8.91. The van der Waals surface area contributed by atoms with Gasteiger partial charge >= 0.3 is 44.8 Å². The Labute approximate surface area is 279 Å². The van der Waals surface area contributed by atoms with Gasteiger partial charge in [0, 0.05) is 42.5 Å². The van der Waals surface area contributed by atoms with E-state index in [-0.39, 0.29) is 60.6 Å². The van der Waals surface area contributed by atoms with E-state index in [0.717, 1.165) is 32.7 Å². The van der Waals surface area contributed by atoms with Crippen molar-refractivity contribution in [1.29, 1.82) is 0 Å². The van der Waals surface area contributed by atoms with Crippen LogP contribution in [0.5, 0.6) is 0 Å². The van der Waals surface area contributed by atoms with Gasteiger partial charge in [-0.3, -0.25) is 11.8 Å². The molecule has 0 unspecified atom stereocenters. The van der Waals surface area contributed by atoms with Crippen LogP contribution in [0.1, 0.15) is 11.1 Å². The van der Waals surface area contributed by atoms with Gasteiger partial charge in [0.1, 0.15) is 0 Å². The first kappa shape index (κ1) is 35.0. The van der Waals surface area contributed by atoms with Crippen LogP contribution in [0.25, 0.3) is 43.1 Å². The number of hydrogen-bond acceptors (Lipinski definition) is 0. The van der Waals surface area contributed by atoms with Crippen LogP contribution in [0, 0.1) is 24.7 Å². The summed E-state index contributed by atoms with van der Waals surface area (Å²) in [4.78, 5) is 0. The first-order chi connectivity index (χ1) is 18.9. The molecule has 0 aliphatic rings. The number of rotatable bonds is 2. The van der Waals surface area contributed by atoms with Crippen LogP contribution < -0.4 is 0 Å². The van der Waals surface area contributed by atoms with Gasteiger partial charge in [0.05, 0.1) is 0 Å². The predicted molar refractivity (Wildman–Crippen MR) is 181 cm³/mol. The summed E-state index contributed by atoms with van der Waals surface area (Å²) < 4.78 is 0. The molecule has 0 saturated carbocycles. The van der Waals surface area contributed by atoms with Gasteiger partial charge in [0.15, 0.2) is 5.90 Å². The molecule has 0 aromatic heterocycles. The van der Waals surface area contributed by atoms with Crippen LogP contribution >= 0.6 is 15.8 Å². The van der Waals surface area contributed by atoms with Crippen molar-refractivity contribution in [3.8, 4) is 11.8 Å². The first-order valence-electron chi connectivity index (χ1n) is 13.2. The molecule has 6 aromatic carbocycles. The topological polar surface area (TPSA) is 0 Å². The second-order valence-electron chi connectivity index (χ2n) is 10.2. The fourth-order valence-corrected chi connectivity index (χ4v) is 10.7. The van der Waals surface area contributed by atoms with Crippen LogP contribution in [0.15, 0.2) is 109 Å². The van der Waals surface area contributed by atoms with Crippen molar-refractivity contribution in [1.82, 2.24) is 0 Å². The molecule has 0 saturated heterocycles. The summed E-state index contributed by atoms with van der Waals surface area (Å²) >= 11 is 0. The fourth-order valence-electron chi connectivity index (χ4n) is 5.02. The maximum Gasteiger partial charge on any atom is 1.00 e.